The maximum atomic E-state index is 12.1. The Kier molecular flexibility index (Phi) is 4.07. The maximum absolute atomic E-state index is 12.1. The van der Waals surface area contributed by atoms with Crippen LogP contribution >= 0.6 is 0 Å². The summed E-state index contributed by atoms with van der Waals surface area (Å²) in [7, 11) is -4.17. The van der Waals surface area contributed by atoms with E-state index in [9.17, 15) is 13.2 Å². The molecule has 2 heterocycles. The van der Waals surface area contributed by atoms with E-state index in [0.29, 0.717) is 25.9 Å². The van der Waals surface area contributed by atoms with E-state index in [2.05, 4.69) is 0 Å². The van der Waals surface area contributed by atoms with E-state index < -0.39 is 15.9 Å². The summed E-state index contributed by atoms with van der Waals surface area (Å²) < 4.78 is 37.9. The molecule has 1 N–H and O–H groups in total. The first-order valence-corrected chi connectivity index (χ1v) is 8.93. The molecule has 23 heavy (non-hydrogen) atoms. The van der Waals surface area contributed by atoms with Crippen LogP contribution in [0.1, 0.15) is 24.0 Å². The van der Waals surface area contributed by atoms with Crippen LogP contribution in [0.25, 0.3) is 0 Å². The summed E-state index contributed by atoms with van der Waals surface area (Å²) in [6.45, 7) is 3.24. The van der Waals surface area contributed by atoms with Crippen molar-refractivity contribution >= 4 is 16.4 Å². The van der Waals surface area contributed by atoms with Crippen LogP contribution < -0.4 is 0 Å². The molecule has 1 amide bonds. The van der Waals surface area contributed by atoms with E-state index in [1.807, 2.05) is 31.2 Å². The van der Waals surface area contributed by atoms with Gasteiger partial charge in [-0.1, -0.05) is 29.8 Å². The molecule has 1 aromatic rings. The van der Waals surface area contributed by atoms with Gasteiger partial charge < -0.3 is 4.74 Å². The minimum absolute atomic E-state index is 0.157. The van der Waals surface area contributed by atoms with E-state index >= 15 is 0 Å². The summed E-state index contributed by atoms with van der Waals surface area (Å²) in [6, 6.07) is 7.96. The zero-order valence-corrected chi connectivity index (χ0v) is 13.8. The zero-order chi connectivity index (χ0) is 16.7. The van der Waals surface area contributed by atoms with Crippen molar-refractivity contribution in [3.8, 4) is 0 Å². The van der Waals surface area contributed by atoms with Crippen LogP contribution in [-0.2, 0) is 21.6 Å². The maximum Gasteiger partial charge on any atom is 0.410 e. The number of hydrogen-bond acceptors (Lipinski definition) is 4. The SMILES string of the molecule is Cc1ccc(CN2CC3(CCN(S(=O)(=O)O)CC3)OC2=O)cc1. The van der Waals surface area contributed by atoms with Crippen LogP contribution in [0.3, 0.4) is 0 Å². The summed E-state index contributed by atoms with van der Waals surface area (Å²) >= 11 is 0. The predicted octanol–water partition coefficient (Wildman–Crippen LogP) is 1.58. The fourth-order valence-corrected chi connectivity index (χ4v) is 3.76. The smallest absolute Gasteiger partial charge is 0.410 e. The molecule has 2 aliphatic heterocycles. The van der Waals surface area contributed by atoms with Crippen molar-refractivity contribution in [2.45, 2.75) is 31.9 Å². The quantitative estimate of drug-likeness (QED) is 0.844. The zero-order valence-electron chi connectivity index (χ0n) is 12.9. The first kappa shape index (κ1) is 16.2. The fraction of sp³-hybridized carbons (Fsp3) is 0.533. The van der Waals surface area contributed by atoms with Gasteiger partial charge in [-0.2, -0.15) is 12.7 Å². The van der Waals surface area contributed by atoms with E-state index in [4.69, 9.17) is 9.29 Å². The summed E-state index contributed by atoms with van der Waals surface area (Å²) in [5, 5.41) is 0. The van der Waals surface area contributed by atoms with Crippen LogP contribution in [0.2, 0.25) is 0 Å². The lowest BCUT2D eigenvalue weighted by atomic mass is 9.92. The third kappa shape index (κ3) is 3.49. The lowest BCUT2D eigenvalue weighted by Crippen LogP contribution is -2.48. The second-order valence-corrected chi connectivity index (χ2v) is 7.68. The van der Waals surface area contributed by atoms with Gasteiger partial charge in [0.25, 0.3) is 0 Å². The molecule has 3 rings (SSSR count). The summed E-state index contributed by atoms with van der Waals surface area (Å²) in [5.74, 6) is 0. The molecule has 2 fully saturated rings. The van der Waals surface area contributed by atoms with Gasteiger partial charge in [-0.15, -0.1) is 0 Å². The molecule has 0 atom stereocenters. The Morgan fingerprint density at radius 2 is 1.83 bits per heavy atom. The Bertz CT molecular complexity index is 693. The van der Waals surface area contributed by atoms with E-state index in [1.54, 1.807) is 4.90 Å². The topological polar surface area (TPSA) is 87.2 Å². The number of hydrogen-bond donors (Lipinski definition) is 1. The van der Waals surface area contributed by atoms with Crippen LogP contribution in [-0.4, -0.2) is 53.5 Å². The van der Waals surface area contributed by atoms with Gasteiger partial charge in [0.05, 0.1) is 6.54 Å². The number of amides is 1. The molecule has 0 unspecified atom stereocenters. The van der Waals surface area contributed by atoms with Crippen molar-refractivity contribution in [2.75, 3.05) is 19.6 Å². The standard InChI is InChI=1S/C15H20N2O5S/c1-12-2-4-13(5-3-12)10-16-11-15(22-14(16)18)6-8-17(9-7-15)23(19,20)21/h2-5H,6-11H2,1H3,(H,19,20,21). The van der Waals surface area contributed by atoms with Crippen molar-refractivity contribution in [2.24, 2.45) is 0 Å². The van der Waals surface area contributed by atoms with Crippen LogP contribution in [0.5, 0.6) is 0 Å². The predicted molar refractivity (Wildman–Crippen MR) is 83.2 cm³/mol. The van der Waals surface area contributed by atoms with E-state index in [1.165, 1.54) is 0 Å². The van der Waals surface area contributed by atoms with E-state index in [-0.39, 0.29) is 19.2 Å². The third-order valence-electron chi connectivity index (χ3n) is 4.49. The molecular formula is C15H20N2O5S. The Hall–Kier alpha value is -1.64. The Balaban J connectivity index is 1.65. The highest BCUT2D eigenvalue weighted by Gasteiger charge is 2.48. The molecule has 1 aromatic carbocycles. The first-order valence-electron chi connectivity index (χ1n) is 7.53. The highest BCUT2D eigenvalue weighted by molar-refractivity contribution is 7.83. The summed E-state index contributed by atoms with van der Waals surface area (Å²) in [5.41, 5.74) is 1.54. The van der Waals surface area contributed by atoms with Crippen molar-refractivity contribution in [3.05, 3.63) is 35.4 Å². The average Bonchev–Trinajstić information content (AvgIpc) is 2.76. The summed E-state index contributed by atoms with van der Waals surface area (Å²) in [6.07, 6.45) is 0.414. The molecule has 7 nitrogen and oxygen atoms in total. The number of carbonyl (C=O) groups excluding carboxylic acids is 1. The second kappa shape index (κ2) is 5.77. The number of aryl methyl sites for hydroxylation is 1. The molecule has 0 saturated carbocycles. The minimum Gasteiger partial charge on any atom is -0.441 e. The highest BCUT2D eigenvalue weighted by atomic mass is 32.2. The van der Waals surface area contributed by atoms with Crippen LogP contribution in [0.4, 0.5) is 4.79 Å². The molecular weight excluding hydrogens is 320 g/mol. The fourth-order valence-electron chi connectivity index (χ4n) is 3.11. The molecule has 0 aliphatic carbocycles. The molecule has 1 spiro atoms. The van der Waals surface area contributed by atoms with Crippen molar-refractivity contribution in [1.82, 2.24) is 9.21 Å². The van der Waals surface area contributed by atoms with Crippen molar-refractivity contribution < 1.29 is 22.5 Å². The Morgan fingerprint density at radius 1 is 1.22 bits per heavy atom. The molecule has 2 aliphatic rings. The molecule has 0 radical (unpaired) electrons. The van der Waals surface area contributed by atoms with Crippen LogP contribution in [0, 0.1) is 6.92 Å². The van der Waals surface area contributed by atoms with Gasteiger partial charge >= 0.3 is 16.4 Å². The number of benzene rings is 1. The summed E-state index contributed by atoms with van der Waals surface area (Å²) in [4.78, 5) is 13.8. The van der Waals surface area contributed by atoms with Gasteiger partial charge in [0, 0.05) is 32.5 Å². The van der Waals surface area contributed by atoms with Crippen molar-refractivity contribution in [1.29, 1.82) is 0 Å². The normalized spacial score (nSPS) is 21.7. The number of piperidine rings is 1. The Morgan fingerprint density at radius 3 is 2.39 bits per heavy atom. The van der Waals surface area contributed by atoms with E-state index in [0.717, 1.165) is 15.4 Å². The Labute approximate surface area is 135 Å². The van der Waals surface area contributed by atoms with Gasteiger partial charge in [0.1, 0.15) is 5.60 Å². The molecule has 8 heteroatoms. The van der Waals surface area contributed by atoms with Crippen LogP contribution in [0.15, 0.2) is 24.3 Å². The number of ether oxygens (including phenoxy) is 1. The largest absolute Gasteiger partial charge is 0.441 e. The molecule has 2 saturated heterocycles. The lowest BCUT2D eigenvalue weighted by Gasteiger charge is -2.35. The lowest BCUT2D eigenvalue weighted by molar-refractivity contribution is 0.0159. The average molecular weight is 340 g/mol. The van der Waals surface area contributed by atoms with Gasteiger partial charge in [-0.25, -0.2) is 4.79 Å². The number of nitrogens with zero attached hydrogens (tertiary/aromatic N) is 2. The van der Waals surface area contributed by atoms with Gasteiger partial charge in [-0.3, -0.25) is 9.45 Å². The van der Waals surface area contributed by atoms with Gasteiger partial charge in [-0.05, 0) is 12.5 Å². The molecule has 0 aromatic heterocycles. The van der Waals surface area contributed by atoms with Crippen molar-refractivity contribution in [3.63, 3.8) is 0 Å². The minimum atomic E-state index is -4.17. The number of carbonyl (C=O) groups is 1. The molecule has 0 bridgehead atoms. The monoisotopic (exact) mass is 340 g/mol. The first-order chi connectivity index (χ1) is 10.8. The molecule has 126 valence electrons. The number of rotatable bonds is 3. The van der Waals surface area contributed by atoms with Gasteiger partial charge in [0.2, 0.25) is 0 Å². The second-order valence-electron chi connectivity index (χ2n) is 6.27. The third-order valence-corrected chi connectivity index (χ3v) is 5.51. The highest BCUT2D eigenvalue weighted by Crippen LogP contribution is 2.34. The van der Waals surface area contributed by atoms with Gasteiger partial charge in [0.15, 0.2) is 0 Å².